The number of ether oxygens (including phenoxy) is 1. The lowest BCUT2D eigenvalue weighted by molar-refractivity contribution is 0.0505. The Hall–Kier alpha value is -0.540. The van der Waals surface area contributed by atoms with Crippen LogP contribution in [0, 0.1) is 0 Å². The number of unbranched alkanes of at least 4 members (excludes halogenated alkanes) is 9. The maximum atomic E-state index is 9.49. The molecule has 3 nitrogen and oxygen atoms in total. The fourth-order valence-corrected chi connectivity index (χ4v) is 2.21. The van der Waals surface area contributed by atoms with Crippen LogP contribution in [0.15, 0.2) is 11.8 Å². The summed E-state index contributed by atoms with van der Waals surface area (Å²) >= 11 is 0. The summed E-state index contributed by atoms with van der Waals surface area (Å²) in [5.74, 6) is 0.152. The largest absolute Gasteiger partial charge is 0.508 e. The van der Waals surface area contributed by atoms with Crippen LogP contribution in [0.4, 0.5) is 0 Å². The summed E-state index contributed by atoms with van der Waals surface area (Å²) in [5, 5.41) is 9.49. The molecule has 0 amide bonds. The Morgan fingerprint density at radius 2 is 1.45 bits per heavy atom. The van der Waals surface area contributed by atoms with Gasteiger partial charge in [-0.3, -0.25) is 5.73 Å². The molecule has 0 saturated heterocycles. The molecule has 0 aromatic heterocycles. The Kier molecular flexibility index (Phi) is 14.5. The minimum Gasteiger partial charge on any atom is -0.508 e. The van der Waals surface area contributed by atoms with E-state index in [1.807, 2.05) is 6.92 Å². The molecule has 0 rings (SSSR count). The zero-order valence-electron chi connectivity index (χ0n) is 13.6. The molecule has 0 radical (unpaired) electrons. The van der Waals surface area contributed by atoms with Crippen molar-refractivity contribution < 1.29 is 9.84 Å². The summed E-state index contributed by atoms with van der Waals surface area (Å²) in [6.45, 7) is 4.86. The van der Waals surface area contributed by atoms with Crippen molar-refractivity contribution in [1.82, 2.24) is 0 Å². The molecule has 120 valence electrons. The Morgan fingerprint density at radius 3 is 1.95 bits per heavy atom. The molecule has 0 aliphatic rings. The minimum atomic E-state index is -0.645. The normalized spacial score (nSPS) is 13.7. The van der Waals surface area contributed by atoms with Crippen LogP contribution in [0.3, 0.4) is 0 Å². The predicted molar refractivity (Wildman–Crippen MR) is 86.8 cm³/mol. The Bertz CT molecular complexity index is 229. The van der Waals surface area contributed by atoms with E-state index in [4.69, 9.17) is 10.5 Å². The van der Waals surface area contributed by atoms with Crippen molar-refractivity contribution in [3.63, 3.8) is 0 Å². The number of aliphatic hydroxyl groups excluding tert-OH is 1. The molecule has 3 N–H and O–H groups in total. The van der Waals surface area contributed by atoms with Gasteiger partial charge in [0.15, 0.2) is 6.23 Å². The van der Waals surface area contributed by atoms with E-state index in [0.717, 1.165) is 12.8 Å². The van der Waals surface area contributed by atoms with Crippen molar-refractivity contribution in [2.24, 2.45) is 5.73 Å². The molecule has 0 fully saturated rings. The first kappa shape index (κ1) is 19.5. The van der Waals surface area contributed by atoms with Crippen LogP contribution in [0.25, 0.3) is 0 Å². The van der Waals surface area contributed by atoms with Crippen LogP contribution in [-0.4, -0.2) is 17.9 Å². The number of aliphatic hydroxyl groups is 1. The van der Waals surface area contributed by atoms with Crippen molar-refractivity contribution in [3.8, 4) is 0 Å². The molecule has 0 aromatic carbocycles. The van der Waals surface area contributed by atoms with Crippen molar-refractivity contribution in [3.05, 3.63) is 11.8 Å². The minimum absolute atomic E-state index is 0.152. The first-order chi connectivity index (χ1) is 9.72. The van der Waals surface area contributed by atoms with Crippen LogP contribution in [0.5, 0.6) is 0 Å². The van der Waals surface area contributed by atoms with Crippen molar-refractivity contribution in [1.29, 1.82) is 0 Å². The fraction of sp³-hybridized carbons (Fsp3) is 0.882. The number of rotatable bonds is 14. The Labute approximate surface area is 125 Å². The quantitative estimate of drug-likeness (QED) is 0.266. The maximum absolute atomic E-state index is 9.49. The van der Waals surface area contributed by atoms with E-state index >= 15 is 0 Å². The topological polar surface area (TPSA) is 55.5 Å². The highest BCUT2D eigenvalue weighted by atomic mass is 16.5. The molecule has 1 atom stereocenters. The summed E-state index contributed by atoms with van der Waals surface area (Å²) < 4.78 is 5.39. The van der Waals surface area contributed by atoms with E-state index < -0.39 is 6.23 Å². The highest BCUT2D eigenvalue weighted by molar-refractivity contribution is 4.95. The molecular formula is C17H35NO2. The maximum Gasteiger partial charge on any atom is 0.163 e. The lowest BCUT2D eigenvalue weighted by Crippen LogP contribution is -2.26. The van der Waals surface area contributed by atoms with E-state index in [2.05, 4.69) is 6.92 Å². The molecule has 0 bridgehead atoms. The molecule has 0 aliphatic carbocycles. The molecule has 0 spiro atoms. The molecule has 1 unspecified atom stereocenters. The van der Waals surface area contributed by atoms with E-state index in [-0.39, 0.29) is 5.76 Å². The predicted octanol–water partition coefficient (Wildman–Crippen LogP) is 5.06. The van der Waals surface area contributed by atoms with Gasteiger partial charge in [-0.2, -0.15) is 0 Å². The Morgan fingerprint density at radius 1 is 0.950 bits per heavy atom. The zero-order chi connectivity index (χ0) is 15.1. The van der Waals surface area contributed by atoms with Gasteiger partial charge >= 0.3 is 0 Å². The summed E-state index contributed by atoms with van der Waals surface area (Å²) in [6.07, 6.45) is 14.9. The number of nitrogens with two attached hydrogens (primary N) is 1. The van der Waals surface area contributed by atoms with Gasteiger partial charge in [-0.25, -0.2) is 0 Å². The zero-order valence-corrected chi connectivity index (χ0v) is 13.6. The van der Waals surface area contributed by atoms with Gasteiger partial charge < -0.3 is 9.84 Å². The molecule has 0 aliphatic heterocycles. The number of allylic oxidation sites excluding steroid dienone is 1. The second-order valence-corrected chi connectivity index (χ2v) is 5.51. The van der Waals surface area contributed by atoms with Crippen LogP contribution >= 0.6 is 0 Å². The van der Waals surface area contributed by atoms with Crippen LogP contribution in [0.2, 0.25) is 0 Å². The summed E-state index contributed by atoms with van der Waals surface area (Å²) in [7, 11) is 0. The van der Waals surface area contributed by atoms with Gasteiger partial charge in [0.2, 0.25) is 0 Å². The van der Waals surface area contributed by atoms with Crippen LogP contribution in [-0.2, 0) is 4.74 Å². The van der Waals surface area contributed by atoms with Gasteiger partial charge in [-0.05, 0) is 18.9 Å². The second-order valence-electron chi connectivity index (χ2n) is 5.51. The summed E-state index contributed by atoms with van der Waals surface area (Å²) in [5.41, 5.74) is 5.68. The molecule has 3 heteroatoms. The van der Waals surface area contributed by atoms with Gasteiger partial charge in [0, 0.05) is 6.61 Å². The van der Waals surface area contributed by atoms with Gasteiger partial charge in [0.25, 0.3) is 0 Å². The SMILES string of the molecule is CCC=C(O)C(N)OCCCCCCCCCCCC. The van der Waals surface area contributed by atoms with Gasteiger partial charge in [-0.15, -0.1) is 0 Å². The average molecular weight is 285 g/mol. The first-order valence-electron chi connectivity index (χ1n) is 8.48. The lowest BCUT2D eigenvalue weighted by Gasteiger charge is -2.12. The number of hydrogen-bond acceptors (Lipinski definition) is 3. The lowest BCUT2D eigenvalue weighted by atomic mass is 10.1. The smallest absolute Gasteiger partial charge is 0.163 e. The van der Waals surface area contributed by atoms with Crippen LogP contribution < -0.4 is 5.73 Å². The molecular weight excluding hydrogens is 250 g/mol. The second kappa shape index (κ2) is 14.9. The van der Waals surface area contributed by atoms with Crippen molar-refractivity contribution in [2.75, 3.05) is 6.61 Å². The molecule has 20 heavy (non-hydrogen) atoms. The van der Waals surface area contributed by atoms with E-state index in [0.29, 0.717) is 6.61 Å². The van der Waals surface area contributed by atoms with E-state index in [1.165, 1.54) is 57.8 Å². The fourth-order valence-electron chi connectivity index (χ4n) is 2.21. The third-order valence-corrected chi connectivity index (χ3v) is 3.50. The van der Waals surface area contributed by atoms with E-state index in [9.17, 15) is 5.11 Å². The van der Waals surface area contributed by atoms with Gasteiger partial charge in [-0.1, -0.05) is 71.6 Å². The van der Waals surface area contributed by atoms with Crippen LogP contribution in [0.1, 0.15) is 84.5 Å². The summed E-state index contributed by atoms with van der Waals surface area (Å²) in [4.78, 5) is 0. The average Bonchev–Trinajstić information content (AvgIpc) is 2.44. The van der Waals surface area contributed by atoms with Crippen molar-refractivity contribution in [2.45, 2.75) is 90.7 Å². The van der Waals surface area contributed by atoms with Gasteiger partial charge in [0.05, 0.1) is 0 Å². The third kappa shape index (κ3) is 12.5. The standard InChI is InChI=1S/C17H35NO2/c1-3-5-6-7-8-9-10-11-12-13-15-20-17(18)16(19)14-4-2/h14,17,19H,3-13,15,18H2,1-2H3. The van der Waals surface area contributed by atoms with Crippen molar-refractivity contribution >= 4 is 0 Å². The van der Waals surface area contributed by atoms with Gasteiger partial charge in [0.1, 0.15) is 5.76 Å². The monoisotopic (exact) mass is 285 g/mol. The summed E-state index contributed by atoms with van der Waals surface area (Å²) in [6, 6.07) is 0. The molecule has 0 heterocycles. The highest BCUT2D eigenvalue weighted by Gasteiger charge is 2.06. The highest BCUT2D eigenvalue weighted by Crippen LogP contribution is 2.10. The third-order valence-electron chi connectivity index (χ3n) is 3.50. The molecule has 0 aromatic rings. The molecule has 0 saturated carbocycles. The number of hydrogen-bond donors (Lipinski definition) is 2. The van der Waals surface area contributed by atoms with E-state index in [1.54, 1.807) is 6.08 Å². The first-order valence-corrected chi connectivity index (χ1v) is 8.48. The Balaban J connectivity index is 3.22.